The molecule has 1 aromatic heterocycles. The van der Waals surface area contributed by atoms with Gasteiger partial charge in [0.2, 0.25) is 0 Å². The molecule has 4 rings (SSSR count). The first kappa shape index (κ1) is 20.3. The smallest absolute Gasteiger partial charge is 0.150 e. The summed E-state index contributed by atoms with van der Waals surface area (Å²) in [7, 11) is 0. The molecular weight excluding hydrogens is 415 g/mol. The van der Waals surface area contributed by atoms with E-state index in [4.69, 9.17) is 4.98 Å². The predicted molar refractivity (Wildman–Crippen MR) is 98.4 cm³/mol. The molecule has 6 heteroatoms. The second-order valence-corrected chi connectivity index (χ2v) is 7.06. The summed E-state index contributed by atoms with van der Waals surface area (Å²) >= 11 is 0. The molecule has 5 nitrogen and oxygen atoms in total. The Morgan fingerprint density at radius 3 is 2.63 bits per heavy atom. The summed E-state index contributed by atoms with van der Waals surface area (Å²) in [4.78, 5) is 31.8. The van der Waals surface area contributed by atoms with E-state index in [2.05, 4.69) is 35.2 Å². The number of carbonyl (C=O) groups excluding carboxylic acids is 2. The Labute approximate surface area is 185 Å². The third kappa shape index (κ3) is 3.91. The molecule has 0 saturated carbocycles. The molecule has 2 heterocycles. The number of piperazine rings is 1. The van der Waals surface area contributed by atoms with Gasteiger partial charge in [-0.1, -0.05) is 30.3 Å². The minimum absolute atomic E-state index is 0. The summed E-state index contributed by atoms with van der Waals surface area (Å²) in [5, 5.41) is 0. The number of aromatic nitrogens is 1. The fourth-order valence-corrected chi connectivity index (χ4v) is 4.22. The Morgan fingerprint density at radius 2 is 1.85 bits per heavy atom. The molecule has 1 radical (unpaired) electrons. The van der Waals surface area contributed by atoms with Crippen molar-refractivity contribution in [3.05, 3.63) is 65.0 Å². The van der Waals surface area contributed by atoms with Crippen molar-refractivity contribution in [2.75, 3.05) is 19.6 Å². The number of nitrogens with zero attached hydrogens (tertiary/aromatic N) is 3. The number of ketones is 1. The van der Waals surface area contributed by atoms with Gasteiger partial charge in [-0.3, -0.25) is 14.7 Å². The average Bonchev–Trinajstić information content (AvgIpc) is 2.84. The van der Waals surface area contributed by atoms with Gasteiger partial charge in [-0.2, -0.15) is 6.41 Å². The summed E-state index contributed by atoms with van der Waals surface area (Å²) < 4.78 is 0. The van der Waals surface area contributed by atoms with Crippen LogP contribution in [0.15, 0.2) is 42.6 Å². The second-order valence-electron chi connectivity index (χ2n) is 7.06. The van der Waals surface area contributed by atoms with Crippen LogP contribution in [0.25, 0.3) is 0 Å². The van der Waals surface area contributed by atoms with E-state index in [1.165, 1.54) is 21.6 Å². The maximum Gasteiger partial charge on any atom is 0.150 e. The summed E-state index contributed by atoms with van der Waals surface area (Å²) in [5.41, 5.74) is 4.93. The van der Waals surface area contributed by atoms with Crippen molar-refractivity contribution in [3.63, 3.8) is 0 Å². The standard InChI is InChI=1S/C21H22N3O2.Y/c1-15(26)19-13-23(11-12-24(19)14-25)21-18-7-3-2-5-16(18)8-9-17-6-4-10-22-20(17)21;/h2-7,10,19,21H,8-9,11-13H2,1H3;/q-1;. The zero-order valence-corrected chi connectivity index (χ0v) is 18.3. The third-order valence-electron chi connectivity index (χ3n) is 5.56. The van der Waals surface area contributed by atoms with Gasteiger partial charge in [0.05, 0.1) is 17.8 Å². The van der Waals surface area contributed by atoms with Gasteiger partial charge in [0.1, 0.15) is 0 Å². The Morgan fingerprint density at radius 1 is 1.11 bits per heavy atom. The minimum atomic E-state index is -0.441. The van der Waals surface area contributed by atoms with Crippen LogP contribution in [0.4, 0.5) is 0 Å². The average molecular weight is 437 g/mol. The molecule has 1 aliphatic carbocycles. The van der Waals surface area contributed by atoms with Gasteiger partial charge in [0.25, 0.3) is 0 Å². The van der Waals surface area contributed by atoms with Crippen molar-refractivity contribution in [3.8, 4) is 0 Å². The molecule has 0 bridgehead atoms. The number of pyridine rings is 1. The first-order valence-corrected chi connectivity index (χ1v) is 9.09. The maximum absolute atomic E-state index is 12.1. The Balaban J connectivity index is 0.00000210. The van der Waals surface area contributed by atoms with Crippen molar-refractivity contribution in [1.82, 2.24) is 14.8 Å². The number of benzene rings is 1. The van der Waals surface area contributed by atoms with Crippen LogP contribution in [0.3, 0.4) is 0 Å². The molecule has 1 saturated heterocycles. The summed E-state index contributed by atoms with van der Waals surface area (Å²) in [6.07, 6.45) is 5.73. The van der Waals surface area contributed by atoms with E-state index in [9.17, 15) is 9.59 Å². The van der Waals surface area contributed by atoms with Gasteiger partial charge < -0.3 is 9.69 Å². The van der Waals surface area contributed by atoms with Crippen molar-refractivity contribution in [2.45, 2.75) is 31.8 Å². The quantitative estimate of drug-likeness (QED) is 0.689. The third-order valence-corrected chi connectivity index (χ3v) is 5.56. The molecule has 137 valence electrons. The van der Waals surface area contributed by atoms with Crippen LogP contribution in [0.5, 0.6) is 0 Å². The fraction of sp³-hybridized carbons (Fsp3) is 0.381. The van der Waals surface area contributed by atoms with Crippen molar-refractivity contribution in [1.29, 1.82) is 0 Å². The van der Waals surface area contributed by atoms with Crippen LogP contribution in [-0.4, -0.2) is 52.7 Å². The molecule has 0 N–H and O–H groups in total. The molecule has 1 amide bonds. The van der Waals surface area contributed by atoms with E-state index in [1.54, 1.807) is 6.92 Å². The number of fused-ring (bicyclic) bond motifs is 2. The number of rotatable bonds is 3. The van der Waals surface area contributed by atoms with Crippen molar-refractivity contribution < 1.29 is 42.3 Å². The SMILES string of the molecule is CC(=O)C1CN(C2c3ccccc3CCc3cccnc32)CCN1[C-]=O.[Y]. The van der Waals surface area contributed by atoms with E-state index in [1.807, 2.05) is 18.7 Å². The molecule has 2 unspecified atom stereocenters. The predicted octanol–water partition coefficient (Wildman–Crippen LogP) is 1.91. The normalized spacial score (nSPS) is 22.0. The van der Waals surface area contributed by atoms with E-state index in [0.717, 1.165) is 18.5 Å². The number of aryl methyl sites for hydroxylation is 2. The summed E-state index contributed by atoms with van der Waals surface area (Å²) in [6.45, 7) is 3.27. The number of amides is 1. The van der Waals surface area contributed by atoms with Crippen LogP contribution >= 0.6 is 0 Å². The Bertz CT molecular complexity index is 794. The van der Waals surface area contributed by atoms with Crippen LogP contribution in [-0.2, 0) is 55.1 Å². The van der Waals surface area contributed by atoms with Gasteiger partial charge in [0.15, 0.2) is 5.78 Å². The van der Waals surface area contributed by atoms with Gasteiger partial charge in [0, 0.05) is 58.5 Å². The first-order chi connectivity index (χ1) is 12.7. The minimum Gasteiger partial charge on any atom is -0.520 e. The number of carbonyl (C=O) groups is 1. The molecule has 2 aliphatic rings. The van der Waals surface area contributed by atoms with Crippen LogP contribution in [0.1, 0.15) is 35.3 Å². The number of Topliss-reactive ketones (excluding diaryl/α,β-unsaturated/α-hetero) is 1. The van der Waals surface area contributed by atoms with Crippen LogP contribution < -0.4 is 0 Å². The Hall–Kier alpha value is -1.43. The van der Waals surface area contributed by atoms with Crippen molar-refractivity contribution >= 4 is 12.2 Å². The summed E-state index contributed by atoms with van der Waals surface area (Å²) in [5.74, 6) is 0.00111. The molecule has 2 aromatic rings. The number of hydrogen-bond donors (Lipinski definition) is 0. The van der Waals surface area contributed by atoms with Gasteiger partial charge in [-0.15, -0.1) is 0 Å². The van der Waals surface area contributed by atoms with Gasteiger partial charge in [-0.25, -0.2) is 0 Å². The number of hydrogen-bond acceptors (Lipinski definition) is 4. The second kappa shape index (κ2) is 8.72. The van der Waals surface area contributed by atoms with E-state index >= 15 is 0 Å². The molecule has 27 heavy (non-hydrogen) atoms. The molecule has 1 aliphatic heterocycles. The Kier molecular flexibility index (Phi) is 6.56. The van der Waals surface area contributed by atoms with Gasteiger partial charge >= 0.3 is 0 Å². The van der Waals surface area contributed by atoms with Crippen LogP contribution in [0.2, 0.25) is 0 Å². The molecular formula is C21H22N3O2Y-. The molecule has 0 spiro atoms. The summed E-state index contributed by atoms with van der Waals surface area (Å²) in [6, 6.07) is 12.2. The molecule has 1 aromatic carbocycles. The zero-order chi connectivity index (χ0) is 18.1. The topological polar surface area (TPSA) is 53.5 Å². The monoisotopic (exact) mass is 437 g/mol. The maximum atomic E-state index is 12.1. The van der Waals surface area contributed by atoms with Crippen LogP contribution in [0, 0.1) is 0 Å². The first-order valence-electron chi connectivity index (χ1n) is 9.09. The molecule has 1 fully saturated rings. The van der Waals surface area contributed by atoms with E-state index in [-0.39, 0.29) is 44.5 Å². The largest absolute Gasteiger partial charge is 0.520 e. The zero-order valence-electron chi connectivity index (χ0n) is 15.5. The fourth-order valence-electron chi connectivity index (χ4n) is 4.22. The molecule has 2 atom stereocenters. The van der Waals surface area contributed by atoms with E-state index in [0.29, 0.717) is 19.6 Å². The van der Waals surface area contributed by atoms with Crippen molar-refractivity contribution in [2.24, 2.45) is 0 Å². The van der Waals surface area contributed by atoms with Gasteiger partial charge in [-0.05, 0) is 42.5 Å². The van der Waals surface area contributed by atoms with E-state index < -0.39 is 6.04 Å².